The van der Waals surface area contributed by atoms with Crippen LogP contribution in [0.2, 0.25) is 0 Å². The normalized spacial score (nSPS) is 42.4. The largest absolute Gasteiger partial charge is 0.462 e. The van der Waals surface area contributed by atoms with Crippen molar-refractivity contribution >= 4 is 5.97 Å². The molecule has 0 amide bonds. The summed E-state index contributed by atoms with van der Waals surface area (Å²) in [7, 11) is 0. The Labute approximate surface area is 203 Å². The maximum Gasteiger partial charge on any atom is 0.302 e. The molecule has 33 heavy (non-hydrogen) atoms. The summed E-state index contributed by atoms with van der Waals surface area (Å²) in [5.41, 5.74) is 3.10. The lowest BCUT2D eigenvalue weighted by Crippen LogP contribution is -2.60. The third-order valence-corrected chi connectivity index (χ3v) is 11.4. The molecule has 0 saturated heterocycles. The predicted octanol–water partition coefficient (Wildman–Crippen LogP) is 7.46. The van der Waals surface area contributed by atoms with Crippen molar-refractivity contribution in [1.82, 2.24) is 0 Å². The zero-order valence-electron chi connectivity index (χ0n) is 22.5. The molecule has 4 rings (SSSR count). The van der Waals surface area contributed by atoms with Gasteiger partial charge in [-0.15, -0.1) is 0 Å². The van der Waals surface area contributed by atoms with Crippen LogP contribution in [0.15, 0.2) is 11.1 Å². The number of allylic oxidation sites excluding steroid dienone is 2. The number of hydrogen-bond acceptors (Lipinski definition) is 3. The fourth-order valence-corrected chi connectivity index (χ4v) is 8.79. The molecule has 188 valence electrons. The second-order valence-electron chi connectivity index (χ2n) is 13.4. The fraction of sp³-hybridized carbons (Fsp3) is 0.900. The summed E-state index contributed by atoms with van der Waals surface area (Å²) < 4.78 is 5.56. The van der Waals surface area contributed by atoms with Crippen molar-refractivity contribution in [3.63, 3.8) is 0 Å². The van der Waals surface area contributed by atoms with Crippen LogP contribution in [0.4, 0.5) is 0 Å². The number of hydrogen-bond donors (Lipinski definition) is 1. The summed E-state index contributed by atoms with van der Waals surface area (Å²) in [5.74, 6) is 3.49. The summed E-state index contributed by atoms with van der Waals surface area (Å²) in [4.78, 5) is 11.5. The average Bonchev–Trinajstić information content (AvgIpc) is 3.09. The minimum atomic E-state index is -0.702. The van der Waals surface area contributed by atoms with Crippen molar-refractivity contribution in [2.45, 2.75) is 131 Å². The highest BCUT2D eigenvalue weighted by Crippen LogP contribution is 2.67. The van der Waals surface area contributed by atoms with Gasteiger partial charge in [-0.05, 0) is 86.4 Å². The molecule has 3 fully saturated rings. The summed E-state index contributed by atoms with van der Waals surface area (Å²) in [5, 5.41) is 11.9. The van der Waals surface area contributed by atoms with Crippen LogP contribution in [-0.4, -0.2) is 22.8 Å². The third kappa shape index (κ3) is 4.23. The zero-order valence-corrected chi connectivity index (χ0v) is 22.5. The molecule has 0 spiro atoms. The topological polar surface area (TPSA) is 46.5 Å². The predicted molar refractivity (Wildman–Crippen MR) is 135 cm³/mol. The molecule has 0 heterocycles. The smallest absolute Gasteiger partial charge is 0.302 e. The number of fused-ring (bicyclic) bond motifs is 4. The van der Waals surface area contributed by atoms with Crippen LogP contribution >= 0.6 is 0 Å². The van der Waals surface area contributed by atoms with E-state index in [-0.39, 0.29) is 17.5 Å². The highest BCUT2D eigenvalue weighted by molar-refractivity contribution is 5.66. The SMILES string of the molecule is CC(=O)O[C@@H]1CC[C@]2(C)[C@@H]3CC[C@]4(C)C(=C3CC[C@@]2(O)C1)CC[C@@H]4[C@H](C)CC[C@H](C)C(C)C. The van der Waals surface area contributed by atoms with Gasteiger partial charge in [0.25, 0.3) is 0 Å². The molecule has 0 aromatic rings. The van der Waals surface area contributed by atoms with Gasteiger partial charge in [0, 0.05) is 18.8 Å². The van der Waals surface area contributed by atoms with Crippen molar-refractivity contribution < 1.29 is 14.6 Å². The molecule has 0 aromatic carbocycles. The summed E-state index contributed by atoms with van der Waals surface area (Å²) in [6.07, 6.45) is 12.1. The number of aliphatic hydroxyl groups is 1. The number of carbonyl (C=O) groups is 1. The molecule has 1 N–H and O–H groups in total. The molecule has 3 nitrogen and oxygen atoms in total. The Morgan fingerprint density at radius 3 is 2.42 bits per heavy atom. The monoisotopic (exact) mass is 458 g/mol. The van der Waals surface area contributed by atoms with Crippen molar-refractivity contribution in [3.05, 3.63) is 11.1 Å². The van der Waals surface area contributed by atoms with Crippen molar-refractivity contribution in [2.75, 3.05) is 0 Å². The zero-order chi connectivity index (χ0) is 24.2. The van der Waals surface area contributed by atoms with Gasteiger partial charge in [-0.1, -0.05) is 65.5 Å². The lowest BCUT2D eigenvalue weighted by atomic mass is 9.47. The van der Waals surface area contributed by atoms with E-state index in [1.54, 1.807) is 11.1 Å². The molecular weight excluding hydrogens is 408 g/mol. The molecule has 0 bridgehead atoms. The molecule has 8 atom stereocenters. The highest BCUT2D eigenvalue weighted by atomic mass is 16.5. The third-order valence-electron chi connectivity index (χ3n) is 11.4. The maximum atomic E-state index is 11.9. The van der Waals surface area contributed by atoms with Crippen LogP contribution in [0.3, 0.4) is 0 Å². The molecule has 4 aliphatic carbocycles. The Morgan fingerprint density at radius 1 is 1.03 bits per heavy atom. The van der Waals surface area contributed by atoms with Gasteiger partial charge in [-0.2, -0.15) is 0 Å². The fourth-order valence-electron chi connectivity index (χ4n) is 8.79. The highest BCUT2D eigenvalue weighted by Gasteiger charge is 2.61. The molecule has 0 aromatic heterocycles. The van der Waals surface area contributed by atoms with Gasteiger partial charge in [-0.3, -0.25) is 4.79 Å². The number of ether oxygens (including phenoxy) is 1. The molecule has 0 unspecified atom stereocenters. The van der Waals surface area contributed by atoms with E-state index in [4.69, 9.17) is 4.74 Å². The Kier molecular flexibility index (Phi) is 6.89. The van der Waals surface area contributed by atoms with E-state index in [9.17, 15) is 9.90 Å². The summed E-state index contributed by atoms with van der Waals surface area (Å²) in [6, 6.07) is 0. The van der Waals surface area contributed by atoms with E-state index in [1.165, 1.54) is 45.4 Å². The van der Waals surface area contributed by atoms with E-state index in [0.717, 1.165) is 49.4 Å². The van der Waals surface area contributed by atoms with Crippen LogP contribution in [0.5, 0.6) is 0 Å². The van der Waals surface area contributed by atoms with Crippen LogP contribution < -0.4 is 0 Å². The van der Waals surface area contributed by atoms with E-state index < -0.39 is 5.60 Å². The second-order valence-corrected chi connectivity index (χ2v) is 13.4. The van der Waals surface area contributed by atoms with Gasteiger partial charge in [0.1, 0.15) is 6.10 Å². The van der Waals surface area contributed by atoms with E-state index >= 15 is 0 Å². The Bertz CT molecular complexity index is 783. The Morgan fingerprint density at radius 2 is 1.76 bits per heavy atom. The number of carbonyl (C=O) groups excluding carboxylic acids is 1. The minimum Gasteiger partial charge on any atom is -0.462 e. The van der Waals surface area contributed by atoms with E-state index in [1.807, 2.05) is 0 Å². The van der Waals surface area contributed by atoms with Gasteiger partial charge >= 0.3 is 5.97 Å². The van der Waals surface area contributed by atoms with E-state index in [0.29, 0.717) is 17.8 Å². The van der Waals surface area contributed by atoms with Crippen LogP contribution in [0, 0.1) is 40.4 Å². The molecule has 3 heteroatoms. The molecule has 4 aliphatic rings. The minimum absolute atomic E-state index is 0.0814. The van der Waals surface area contributed by atoms with Crippen LogP contribution in [-0.2, 0) is 9.53 Å². The van der Waals surface area contributed by atoms with E-state index in [2.05, 4.69) is 41.5 Å². The van der Waals surface area contributed by atoms with Crippen LogP contribution in [0.25, 0.3) is 0 Å². The quantitative estimate of drug-likeness (QED) is 0.332. The van der Waals surface area contributed by atoms with Crippen molar-refractivity contribution in [1.29, 1.82) is 0 Å². The Balaban J connectivity index is 1.53. The number of rotatable bonds is 6. The maximum absolute atomic E-state index is 11.9. The first kappa shape index (κ1) is 25.3. The summed E-state index contributed by atoms with van der Waals surface area (Å²) in [6.45, 7) is 16.1. The lowest BCUT2D eigenvalue weighted by molar-refractivity contribution is -0.188. The van der Waals surface area contributed by atoms with Crippen molar-refractivity contribution in [2.24, 2.45) is 40.4 Å². The van der Waals surface area contributed by atoms with Gasteiger partial charge in [0.05, 0.1) is 5.60 Å². The Hall–Kier alpha value is -0.830. The first-order chi connectivity index (χ1) is 15.4. The second kappa shape index (κ2) is 8.99. The van der Waals surface area contributed by atoms with Crippen LogP contribution in [0.1, 0.15) is 119 Å². The molecular formula is C30H50O3. The lowest BCUT2D eigenvalue weighted by Gasteiger charge is -2.60. The number of esters is 1. The molecule has 0 radical (unpaired) electrons. The molecule has 3 saturated carbocycles. The van der Waals surface area contributed by atoms with Gasteiger partial charge in [0.2, 0.25) is 0 Å². The van der Waals surface area contributed by atoms with Gasteiger partial charge in [-0.25, -0.2) is 0 Å². The summed E-state index contributed by atoms with van der Waals surface area (Å²) >= 11 is 0. The van der Waals surface area contributed by atoms with Crippen molar-refractivity contribution in [3.8, 4) is 0 Å². The van der Waals surface area contributed by atoms with Gasteiger partial charge < -0.3 is 9.84 Å². The standard InChI is InChI=1S/C30H50O3/c1-19(2)20(3)8-9-21(4)25-10-11-26-24-13-17-30(32)18-23(33-22(5)31)12-16-29(30,7)27(24)14-15-28(25,26)6/h19-21,23,25,27,32H,8-18H2,1-7H3/t20-,21+,23+,25+,27+,28-,29+,30+/m0/s1. The first-order valence-corrected chi connectivity index (χ1v) is 14.0. The first-order valence-electron chi connectivity index (χ1n) is 14.0. The van der Waals surface area contributed by atoms with Gasteiger partial charge in [0.15, 0.2) is 0 Å². The molecule has 0 aliphatic heterocycles. The average molecular weight is 459 g/mol.